The number of fused-ring (bicyclic) bond motifs is 1. The van der Waals surface area contributed by atoms with E-state index in [1.807, 2.05) is 0 Å². The van der Waals surface area contributed by atoms with E-state index in [1.165, 1.54) is 37.8 Å². The topological polar surface area (TPSA) is 119 Å². The van der Waals surface area contributed by atoms with Crippen molar-refractivity contribution in [1.29, 1.82) is 0 Å². The summed E-state index contributed by atoms with van der Waals surface area (Å²) in [5.74, 6) is -0.194. The van der Waals surface area contributed by atoms with Crippen LogP contribution in [0.1, 0.15) is 25.5 Å². The van der Waals surface area contributed by atoms with Gasteiger partial charge in [0, 0.05) is 7.05 Å². The molecule has 1 aliphatic carbocycles. The van der Waals surface area contributed by atoms with Crippen molar-refractivity contribution in [2.75, 3.05) is 12.8 Å². The van der Waals surface area contributed by atoms with Crippen LogP contribution >= 0.6 is 0 Å². The lowest BCUT2D eigenvalue weighted by Crippen LogP contribution is -2.22. The third-order valence-electron chi connectivity index (χ3n) is 5.33. The summed E-state index contributed by atoms with van der Waals surface area (Å²) in [6, 6.07) is 2.08. The molecule has 3 aromatic rings. The zero-order valence-corrected chi connectivity index (χ0v) is 19.6. The van der Waals surface area contributed by atoms with Crippen LogP contribution in [0.4, 0.5) is 18.9 Å². The molecule has 1 saturated carbocycles. The molecule has 1 N–H and O–H groups in total. The molecule has 1 atom stereocenters. The van der Waals surface area contributed by atoms with Crippen LogP contribution in [-0.4, -0.2) is 50.2 Å². The Morgan fingerprint density at radius 2 is 1.88 bits per heavy atom. The average molecular weight is 503 g/mol. The van der Waals surface area contributed by atoms with Crippen molar-refractivity contribution in [1.82, 2.24) is 24.2 Å². The lowest BCUT2D eigenvalue weighted by atomic mass is 10.3. The summed E-state index contributed by atoms with van der Waals surface area (Å²) in [6.07, 6.45) is -0.830. The van der Waals surface area contributed by atoms with Crippen molar-refractivity contribution in [3.05, 3.63) is 30.2 Å². The number of pyridine rings is 2. The summed E-state index contributed by atoms with van der Waals surface area (Å²) in [7, 11) is -3.55. The van der Waals surface area contributed by atoms with Gasteiger partial charge in [-0.25, -0.2) is 32.3 Å². The number of nitrogens with zero attached hydrogens (tertiary/aromatic N) is 5. The minimum atomic E-state index is -4.65. The molecule has 0 spiro atoms. The van der Waals surface area contributed by atoms with Crippen LogP contribution in [0, 0.1) is 0 Å². The first-order chi connectivity index (χ1) is 15.4. The molecular weight excluding hydrogens is 481 g/mol. The monoisotopic (exact) mass is 502 g/mol. The largest absolute Gasteiger partial charge is 0.433 e. The molecule has 1 fully saturated rings. The third kappa shape index (κ3) is 4.34. The predicted octanol–water partition coefficient (Wildman–Crippen LogP) is 3.24. The van der Waals surface area contributed by atoms with Crippen LogP contribution in [0.25, 0.3) is 22.6 Å². The van der Waals surface area contributed by atoms with E-state index in [4.69, 9.17) is 0 Å². The number of aryl methyl sites for hydroxylation is 1. The van der Waals surface area contributed by atoms with E-state index in [2.05, 4.69) is 24.0 Å². The van der Waals surface area contributed by atoms with Crippen molar-refractivity contribution in [3.8, 4) is 11.5 Å². The molecule has 4 rings (SSSR count). The van der Waals surface area contributed by atoms with Crippen LogP contribution in [0.2, 0.25) is 0 Å². The van der Waals surface area contributed by atoms with E-state index < -0.39 is 31.6 Å². The second kappa shape index (κ2) is 8.02. The fourth-order valence-electron chi connectivity index (χ4n) is 3.33. The van der Waals surface area contributed by atoms with Gasteiger partial charge < -0.3 is 4.57 Å². The fraction of sp³-hybridized carbons (Fsp3) is 0.421. The lowest BCUT2D eigenvalue weighted by molar-refractivity contribution is -0.141. The minimum absolute atomic E-state index is 0.00262. The number of hydrogen-bond acceptors (Lipinski definition) is 7. The Hall–Kier alpha value is -2.58. The summed E-state index contributed by atoms with van der Waals surface area (Å²) in [5, 5.41) is -0.122. The standard InChI is InChI=1S/C19H21F3N6O3S2/c1-4-32(29,30)15-7-11(27-33(31,23-2)12-5-6-12)9-25-17(15)18-26-13-8-16(19(20,21)22)24-10-14(13)28(18)3/h7-10,12H,4-6H2,1-3H3,(H,23,27,31). The third-order valence-corrected chi connectivity index (χ3v) is 9.52. The molecule has 0 aliphatic heterocycles. The van der Waals surface area contributed by atoms with Gasteiger partial charge in [0.2, 0.25) is 0 Å². The molecule has 1 unspecified atom stereocenters. The number of imidazole rings is 1. The van der Waals surface area contributed by atoms with Gasteiger partial charge >= 0.3 is 6.18 Å². The number of alkyl halides is 3. The van der Waals surface area contributed by atoms with Crippen LogP contribution < -0.4 is 4.72 Å². The van der Waals surface area contributed by atoms with E-state index in [0.717, 1.165) is 25.1 Å². The van der Waals surface area contributed by atoms with Crippen molar-refractivity contribution in [2.45, 2.75) is 36.1 Å². The molecule has 178 valence electrons. The quantitative estimate of drug-likeness (QED) is 0.553. The van der Waals surface area contributed by atoms with Gasteiger partial charge in [0.1, 0.15) is 21.3 Å². The highest BCUT2D eigenvalue weighted by Gasteiger charge is 2.34. The maximum atomic E-state index is 13.1. The number of hydrogen-bond donors (Lipinski definition) is 1. The molecular formula is C19H21F3N6O3S2. The molecule has 0 saturated heterocycles. The summed E-state index contributed by atoms with van der Waals surface area (Å²) in [4.78, 5) is 11.7. The average Bonchev–Trinajstić information content (AvgIpc) is 3.58. The highest BCUT2D eigenvalue weighted by atomic mass is 32.2. The van der Waals surface area contributed by atoms with Crippen molar-refractivity contribution >= 4 is 36.5 Å². The zero-order valence-electron chi connectivity index (χ0n) is 17.9. The van der Waals surface area contributed by atoms with Gasteiger partial charge in [-0.3, -0.25) is 0 Å². The molecule has 33 heavy (non-hydrogen) atoms. The Morgan fingerprint density at radius 1 is 1.18 bits per heavy atom. The van der Waals surface area contributed by atoms with Crippen molar-refractivity contribution in [3.63, 3.8) is 0 Å². The Balaban J connectivity index is 1.92. The highest BCUT2D eigenvalue weighted by molar-refractivity contribution is 7.92. The molecule has 3 heterocycles. The number of sulfone groups is 1. The summed E-state index contributed by atoms with van der Waals surface area (Å²) in [5.41, 5.74) is -0.746. The van der Waals surface area contributed by atoms with Gasteiger partial charge in [0.15, 0.2) is 15.7 Å². The number of halogens is 3. The lowest BCUT2D eigenvalue weighted by Gasteiger charge is -2.11. The van der Waals surface area contributed by atoms with Gasteiger partial charge in [-0.2, -0.15) is 17.5 Å². The van der Waals surface area contributed by atoms with Crippen molar-refractivity contribution < 1.29 is 25.8 Å². The van der Waals surface area contributed by atoms with Crippen LogP contribution in [0.15, 0.2) is 33.8 Å². The van der Waals surface area contributed by atoms with Gasteiger partial charge in [-0.15, -0.1) is 0 Å². The van der Waals surface area contributed by atoms with Gasteiger partial charge in [-0.05, 0) is 32.0 Å². The Labute approximate surface area is 188 Å². The normalized spacial score (nSPS) is 16.7. The maximum Gasteiger partial charge on any atom is 0.433 e. The van der Waals surface area contributed by atoms with E-state index >= 15 is 0 Å². The van der Waals surface area contributed by atoms with Crippen LogP contribution in [0.3, 0.4) is 0 Å². The summed E-state index contributed by atoms with van der Waals surface area (Å²) in [6.45, 7) is 1.46. The van der Waals surface area contributed by atoms with Crippen LogP contribution in [0.5, 0.6) is 0 Å². The maximum absolute atomic E-state index is 13.1. The van der Waals surface area contributed by atoms with Gasteiger partial charge in [0.05, 0.1) is 45.0 Å². The Kier molecular flexibility index (Phi) is 5.73. The van der Waals surface area contributed by atoms with Gasteiger partial charge in [-0.1, -0.05) is 6.92 Å². The van der Waals surface area contributed by atoms with E-state index in [9.17, 15) is 25.8 Å². The number of rotatable bonds is 6. The fourth-order valence-corrected chi connectivity index (χ4v) is 6.14. The first kappa shape index (κ1) is 23.6. The number of aromatic nitrogens is 4. The molecule has 3 aromatic heterocycles. The van der Waals surface area contributed by atoms with Crippen LogP contribution in [-0.2, 0) is 33.0 Å². The SMILES string of the molecule is CCS(=O)(=O)c1cc(N=S(=O)(NC)C2CC2)cnc1-c1nc2cc(C(F)(F)F)ncc2n1C. The molecule has 0 bridgehead atoms. The summed E-state index contributed by atoms with van der Waals surface area (Å²) >= 11 is 0. The second-order valence-electron chi connectivity index (χ2n) is 7.56. The molecule has 0 amide bonds. The van der Waals surface area contributed by atoms with E-state index in [-0.39, 0.29) is 44.1 Å². The first-order valence-electron chi connectivity index (χ1n) is 9.97. The molecule has 0 aromatic carbocycles. The first-order valence-corrected chi connectivity index (χ1v) is 13.2. The smallest absolute Gasteiger partial charge is 0.324 e. The molecule has 9 nitrogen and oxygen atoms in total. The minimum Gasteiger partial charge on any atom is -0.324 e. The Bertz CT molecular complexity index is 1470. The zero-order chi connectivity index (χ0) is 24.2. The molecule has 0 radical (unpaired) electrons. The molecule has 14 heteroatoms. The summed E-state index contributed by atoms with van der Waals surface area (Å²) < 4.78 is 86.3. The Morgan fingerprint density at radius 3 is 2.45 bits per heavy atom. The van der Waals surface area contributed by atoms with Gasteiger partial charge in [0.25, 0.3) is 0 Å². The number of nitrogens with one attached hydrogen (secondary N) is 1. The van der Waals surface area contributed by atoms with E-state index in [1.54, 1.807) is 0 Å². The van der Waals surface area contributed by atoms with Crippen molar-refractivity contribution in [2.24, 2.45) is 11.4 Å². The predicted molar refractivity (Wildman–Crippen MR) is 117 cm³/mol. The second-order valence-corrected chi connectivity index (χ2v) is 12.2. The molecule has 1 aliphatic rings. The highest BCUT2D eigenvalue weighted by Crippen LogP contribution is 2.35. The van der Waals surface area contributed by atoms with E-state index in [0.29, 0.717) is 0 Å².